The van der Waals surface area contributed by atoms with E-state index in [1.54, 1.807) is 49.4 Å². The van der Waals surface area contributed by atoms with Crippen molar-refractivity contribution >= 4 is 21.6 Å². The largest absolute Gasteiger partial charge is 0.497 e. The lowest BCUT2D eigenvalue weighted by Gasteiger charge is -2.09. The summed E-state index contributed by atoms with van der Waals surface area (Å²) >= 11 is 0. The number of benzene rings is 3. The molecule has 0 saturated carbocycles. The van der Waals surface area contributed by atoms with E-state index in [-0.39, 0.29) is 17.3 Å². The third-order valence-electron chi connectivity index (χ3n) is 5.43. The molecule has 1 amide bonds. The van der Waals surface area contributed by atoms with Gasteiger partial charge < -0.3 is 14.5 Å². The Hall–Kier alpha value is -4.11. The molecule has 0 spiro atoms. The van der Waals surface area contributed by atoms with Gasteiger partial charge in [0.2, 0.25) is 5.89 Å². The molecule has 8 nitrogen and oxygen atoms in total. The molecule has 35 heavy (non-hydrogen) atoms. The number of oxazole rings is 1. The van der Waals surface area contributed by atoms with Gasteiger partial charge in [-0.1, -0.05) is 24.3 Å². The van der Waals surface area contributed by atoms with Crippen molar-refractivity contribution in [2.75, 3.05) is 11.8 Å². The van der Waals surface area contributed by atoms with E-state index < -0.39 is 10.0 Å². The summed E-state index contributed by atoms with van der Waals surface area (Å²) in [4.78, 5) is 17.1. The van der Waals surface area contributed by atoms with Crippen molar-refractivity contribution in [3.05, 3.63) is 95.4 Å². The van der Waals surface area contributed by atoms with Gasteiger partial charge in [-0.05, 0) is 67.9 Å². The van der Waals surface area contributed by atoms with Crippen molar-refractivity contribution in [2.45, 2.75) is 25.3 Å². The van der Waals surface area contributed by atoms with Gasteiger partial charge in [-0.25, -0.2) is 13.4 Å². The van der Waals surface area contributed by atoms with Crippen LogP contribution in [0.2, 0.25) is 0 Å². The summed E-state index contributed by atoms with van der Waals surface area (Å²) in [6.07, 6.45) is 0. The fourth-order valence-electron chi connectivity index (χ4n) is 3.49. The number of aromatic nitrogens is 1. The van der Waals surface area contributed by atoms with E-state index in [1.807, 2.05) is 25.1 Å². The predicted molar refractivity (Wildman–Crippen MR) is 133 cm³/mol. The SMILES string of the molecule is COc1ccc(S(=O)(=O)Nc2cccc(-c3nc(CNC(=O)c4ccccc4C)c(C)o3)c2)cc1. The topological polar surface area (TPSA) is 111 Å². The Morgan fingerprint density at radius 3 is 2.46 bits per heavy atom. The second-order valence-electron chi connectivity index (χ2n) is 7.88. The van der Waals surface area contributed by atoms with Gasteiger partial charge in [-0.2, -0.15) is 0 Å². The number of carbonyl (C=O) groups excluding carboxylic acids is 1. The van der Waals surface area contributed by atoms with Crippen LogP contribution >= 0.6 is 0 Å². The first-order chi connectivity index (χ1) is 16.8. The number of amides is 1. The van der Waals surface area contributed by atoms with E-state index in [2.05, 4.69) is 15.0 Å². The third-order valence-corrected chi connectivity index (χ3v) is 6.83. The number of hydrogen-bond donors (Lipinski definition) is 2. The minimum Gasteiger partial charge on any atom is -0.497 e. The summed E-state index contributed by atoms with van der Waals surface area (Å²) in [7, 11) is -2.28. The van der Waals surface area contributed by atoms with Gasteiger partial charge in [0.05, 0.1) is 18.6 Å². The molecule has 0 saturated heterocycles. The molecule has 1 aromatic heterocycles. The summed E-state index contributed by atoms with van der Waals surface area (Å²) in [5, 5.41) is 2.87. The molecule has 0 aliphatic carbocycles. The van der Waals surface area contributed by atoms with Crippen molar-refractivity contribution in [3.8, 4) is 17.2 Å². The average Bonchev–Trinajstić information content (AvgIpc) is 3.23. The molecule has 0 unspecified atom stereocenters. The fraction of sp³-hybridized carbons (Fsp3) is 0.154. The highest BCUT2D eigenvalue weighted by Gasteiger charge is 2.17. The highest BCUT2D eigenvalue weighted by molar-refractivity contribution is 7.92. The number of methoxy groups -OCH3 is 1. The Kier molecular flexibility index (Phi) is 6.88. The Morgan fingerprint density at radius 2 is 1.74 bits per heavy atom. The molecule has 0 fully saturated rings. The lowest BCUT2D eigenvalue weighted by atomic mass is 10.1. The number of hydrogen-bond acceptors (Lipinski definition) is 6. The van der Waals surface area contributed by atoms with E-state index in [0.29, 0.717) is 39.9 Å². The first kappa shape index (κ1) is 24.0. The van der Waals surface area contributed by atoms with Crippen LogP contribution in [-0.4, -0.2) is 26.4 Å². The Bertz CT molecular complexity index is 1460. The van der Waals surface area contributed by atoms with Gasteiger partial charge in [0.25, 0.3) is 15.9 Å². The number of anilines is 1. The zero-order valence-corrected chi connectivity index (χ0v) is 20.3. The monoisotopic (exact) mass is 491 g/mol. The molecule has 4 aromatic rings. The van der Waals surface area contributed by atoms with Crippen LogP contribution in [0.1, 0.15) is 27.4 Å². The number of nitrogens with one attached hydrogen (secondary N) is 2. The van der Waals surface area contributed by atoms with Crippen LogP contribution in [0.4, 0.5) is 5.69 Å². The molecule has 180 valence electrons. The van der Waals surface area contributed by atoms with Crippen molar-refractivity contribution in [1.29, 1.82) is 0 Å². The first-order valence-electron chi connectivity index (χ1n) is 10.8. The minimum atomic E-state index is -3.79. The molecule has 2 N–H and O–H groups in total. The van der Waals surface area contributed by atoms with Crippen LogP contribution in [0.25, 0.3) is 11.5 Å². The highest BCUT2D eigenvalue weighted by atomic mass is 32.2. The van der Waals surface area contributed by atoms with Gasteiger partial charge in [-0.15, -0.1) is 0 Å². The molecule has 3 aromatic carbocycles. The maximum atomic E-state index is 12.8. The Morgan fingerprint density at radius 1 is 1.00 bits per heavy atom. The van der Waals surface area contributed by atoms with Crippen molar-refractivity contribution in [3.63, 3.8) is 0 Å². The second-order valence-corrected chi connectivity index (χ2v) is 9.56. The number of rotatable bonds is 8. The summed E-state index contributed by atoms with van der Waals surface area (Å²) in [6.45, 7) is 3.85. The third kappa shape index (κ3) is 5.52. The summed E-state index contributed by atoms with van der Waals surface area (Å²) in [5.41, 5.74) is 3.04. The van der Waals surface area contributed by atoms with Crippen LogP contribution < -0.4 is 14.8 Å². The van der Waals surface area contributed by atoms with Crippen molar-refractivity contribution in [2.24, 2.45) is 0 Å². The van der Waals surface area contributed by atoms with Gasteiger partial charge in [-0.3, -0.25) is 9.52 Å². The fourth-order valence-corrected chi connectivity index (χ4v) is 4.54. The number of sulfonamides is 1. The Balaban J connectivity index is 1.49. The number of aryl methyl sites for hydroxylation is 2. The van der Waals surface area contributed by atoms with Crippen LogP contribution in [0.3, 0.4) is 0 Å². The number of nitrogens with zero attached hydrogens (tertiary/aromatic N) is 1. The van der Waals surface area contributed by atoms with Crippen LogP contribution in [-0.2, 0) is 16.6 Å². The van der Waals surface area contributed by atoms with Crippen molar-refractivity contribution < 1.29 is 22.4 Å². The van der Waals surface area contributed by atoms with E-state index in [1.165, 1.54) is 19.2 Å². The van der Waals surface area contributed by atoms with Gasteiger partial charge in [0, 0.05) is 16.8 Å². The number of ether oxygens (including phenoxy) is 1. The maximum Gasteiger partial charge on any atom is 0.261 e. The maximum absolute atomic E-state index is 12.8. The van der Waals surface area contributed by atoms with E-state index in [4.69, 9.17) is 9.15 Å². The molecule has 9 heteroatoms. The van der Waals surface area contributed by atoms with E-state index in [0.717, 1.165) is 5.56 Å². The van der Waals surface area contributed by atoms with E-state index >= 15 is 0 Å². The predicted octanol–water partition coefficient (Wildman–Crippen LogP) is 4.70. The summed E-state index contributed by atoms with van der Waals surface area (Å²) < 4.78 is 39.0. The molecule has 1 heterocycles. The van der Waals surface area contributed by atoms with Gasteiger partial charge in [0.1, 0.15) is 17.2 Å². The molecule has 0 bridgehead atoms. The quantitative estimate of drug-likeness (QED) is 0.370. The zero-order valence-electron chi connectivity index (χ0n) is 19.5. The summed E-state index contributed by atoms with van der Waals surface area (Å²) in [5.74, 6) is 1.26. The second kappa shape index (κ2) is 10.0. The van der Waals surface area contributed by atoms with Crippen LogP contribution in [0.5, 0.6) is 5.75 Å². The zero-order chi connectivity index (χ0) is 25.0. The first-order valence-corrected chi connectivity index (χ1v) is 12.3. The molecule has 0 aliphatic rings. The van der Waals surface area contributed by atoms with Crippen LogP contribution in [0, 0.1) is 13.8 Å². The van der Waals surface area contributed by atoms with Crippen molar-refractivity contribution in [1.82, 2.24) is 10.3 Å². The average molecular weight is 492 g/mol. The van der Waals surface area contributed by atoms with Gasteiger partial charge in [0.15, 0.2) is 0 Å². The molecule has 0 radical (unpaired) electrons. The molecule has 4 rings (SSSR count). The molecule has 0 atom stereocenters. The molecular formula is C26H25N3O5S. The molecular weight excluding hydrogens is 466 g/mol. The summed E-state index contributed by atoms with van der Waals surface area (Å²) in [6, 6.07) is 20.2. The number of carbonyl (C=O) groups is 1. The lowest BCUT2D eigenvalue weighted by molar-refractivity contribution is 0.0949. The highest BCUT2D eigenvalue weighted by Crippen LogP contribution is 2.26. The standard InChI is InChI=1S/C26H25N3O5S/c1-17-7-4-5-10-23(17)25(30)27-16-24-18(2)34-26(28-24)19-8-6-9-20(15-19)29-35(31,32)22-13-11-21(33-3)12-14-22/h4-15,29H,16H2,1-3H3,(H,27,30). The molecule has 0 aliphatic heterocycles. The van der Waals surface area contributed by atoms with Gasteiger partial charge >= 0.3 is 0 Å². The van der Waals surface area contributed by atoms with Crippen LogP contribution in [0.15, 0.2) is 82.1 Å². The smallest absolute Gasteiger partial charge is 0.261 e. The Labute approximate surface area is 204 Å². The minimum absolute atomic E-state index is 0.113. The normalized spacial score (nSPS) is 11.2. The van der Waals surface area contributed by atoms with E-state index in [9.17, 15) is 13.2 Å². The lowest BCUT2D eigenvalue weighted by Crippen LogP contribution is -2.24.